The van der Waals surface area contributed by atoms with Crippen molar-refractivity contribution in [3.63, 3.8) is 0 Å². The van der Waals surface area contributed by atoms with Gasteiger partial charge in [-0.05, 0) is 6.54 Å². The molecule has 5 heteroatoms. The van der Waals surface area contributed by atoms with Crippen LogP contribution in [0.25, 0.3) is 0 Å². The fourth-order valence-corrected chi connectivity index (χ4v) is 2.03. The van der Waals surface area contributed by atoms with Gasteiger partial charge in [-0.1, -0.05) is 6.92 Å². The molecule has 1 aliphatic rings. The van der Waals surface area contributed by atoms with Crippen LogP contribution in [0, 0.1) is 11.3 Å². The number of imidazole rings is 1. The predicted molar refractivity (Wildman–Crippen MR) is 60.6 cm³/mol. The Morgan fingerprint density at radius 2 is 2.50 bits per heavy atom. The Morgan fingerprint density at radius 1 is 1.62 bits per heavy atom. The lowest BCUT2D eigenvalue weighted by Crippen LogP contribution is -2.43. The highest BCUT2D eigenvalue weighted by atomic mass is 15.2. The summed E-state index contributed by atoms with van der Waals surface area (Å²) in [7, 11) is 0. The lowest BCUT2D eigenvalue weighted by molar-refractivity contribution is 0.206. The topological polar surface area (TPSA) is 56.9 Å². The van der Waals surface area contributed by atoms with E-state index >= 15 is 0 Å². The van der Waals surface area contributed by atoms with E-state index in [0.29, 0.717) is 0 Å². The molecule has 1 atom stereocenters. The molecule has 0 saturated heterocycles. The van der Waals surface area contributed by atoms with Gasteiger partial charge in [0.25, 0.3) is 0 Å². The number of fused-ring (bicyclic) bond motifs is 1. The van der Waals surface area contributed by atoms with Crippen LogP contribution in [0.1, 0.15) is 12.7 Å². The summed E-state index contributed by atoms with van der Waals surface area (Å²) in [6.07, 6.45) is 3.85. The van der Waals surface area contributed by atoms with Crippen LogP contribution in [0.4, 0.5) is 0 Å². The van der Waals surface area contributed by atoms with Crippen molar-refractivity contribution >= 4 is 0 Å². The maximum atomic E-state index is 8.98. The van der Waals surface area contributed by atoms with Crippen LogP contribution in [0.3, 0.4) is 0 Å². The number of nitrogens with one attached hydrogen (secondary N) is 1. The van der Waals surface area contributed by atoms with Crippen LogP contribution >= 0.6 is 0 Å². The molecule has 2 rings (SSSR count). The molecule has 86 valence electrons. The molecular weight excluding hydrogens is 202 g/mol. The van der Waals surface area contributed by atoms with Gasteiger partial charge in [0.05, 0.1) is 12.6 Å². The van der Waals surface area contributed by atoms with Crippen molar-refractivity contribution in [3.05, 3.63) is 18.2 Å². The second kappa shape index (κ2) is 5.10. The molecular formula is C11H17N5. The molecule has 0 saturated carbocycles. The van der Waals surface area contributed by atoms with Gasteiger partial charge in [-0.3, -0.25) is 4.90 Å². The Morgan fingerprint density at radius 3 is 3.25 bits per heavy atom. The minimum absolute atomic E-state index is 0.0773. The van der Waals surface area contributed by atoms with Crippen molar-refractivity contribution in [2.24, 2.45) is 0 Å². The Bertz CT molecular complexity index is 378. The molecule has 1 aliphatic heterocycles. The lowest BCUT2D eigenvalue weighted by Gasteiger charge is -2.29. The van der Waals surface area contributed by atoms with E-state index in [1.165, 1.54) is 0 Å². The summed E-state index contributed by atoms with van der Waals surface area (Å²) >= 11 is 0. The molecule has 5 nitrogen and oxygen atoms in total. The average molecular weight is 219 g/mol. The van der Waals surface area contributed by atoms with Gasteiger partial charge in [0, 0.05) is 32.0 Å². The van der Waals surface area contributed by atoms with Gasteiger partial charge in [0.15, 0.2) is 0 Å². The number of nitrogens with zero attached hydrogens (tertiary/aromatic N) is 4. The average Bonchev–Trinajstić information content (AvgIpc) is 2.75. The second-order valence-corrected chi connectivity index (χ2v) is 4.01. The van der Waals surface area contributed by atoms with Crippen LogP contribution in [-0.4, -0.2) is 40.1 Å². The highest BCUT2D eigenvalue weighted by molar-refractivity contribution is 4.98. The zero-order valence-corrected chi connectivity index (χ0v) is 9.56. The van der Waals surface area contributed by atoms with E-state index in [4.69, 9.17) is 5.26 Å². The van der Waals surface area contributed by atoms with E-state index in [0.717, 1.165) is 38.5 Å². The maximum absolute atomic E-state index is 8.98. The zero-order valence-electron chi connectivity index (χ0n) is 9.56. The molecule has 1 unspecified atom stereocenters. The van der Waals surface area contributed by atoms with Crippen LogP contribution in [0.2, 0.25) is 0 Å². The first-order valence-electron chi connectivity index (χ1n) is 5.69. The third-order valence-corrected chi connectivity index (χ3v) is 2.87. The molecule has 1 aromatic heterocycles. The minimum Gasteiger partial charge on any atom is -0.333 e. The minimum atomic E-state index is -0.0773. The molecule has 0 aliphatic carbocycles. The molecule has 0 spiro atoms. The van der Waals surface area contributed by atoms with E-state index in [9.17, 15) is 0 Å². The van der Waals surface area contributed by atoms with Crippen molar-refractivity contribution in [2.75, 3.05) is 19.6 Å². The van der Waals surface area contributed by atoms with Crippen LogP contribution in [0.5, 0.6) is 0 Å². The SMILES string of the molecule is CCNC(C#N)CN1CCn2ccnc2C1. The Balaban J connectivity index is 1.91. The van der Waals surface area contributed by atoms with Crippen molar-refractivity contribution in [1.29, 1.82) is 5.26 Å². The van der Waals surface area contributed by atoms with Gasteiger partial charge in [-0.25, -0.2) is 4.98 Å². The first kappa shape index (κ1) is 11.1. The number of nitriles is 1. The standard InChI is InChI=1S/C11H17N5/c1-2-13-10(7-12)8-15-5-6-16-4-3-14-11(16)9-15/h3-4,10,13H,2,5-6,8-9H2,1H3. The van der Waals surface area contributed by atoms with Crippen molar-refractivity contribution < 1.29 is 0 Å². The van der Waals surface area contributed by atoms with Gasteiger partial charge < -0.3 is 9.88 Å². The summed E-state index contributed by atoms with van der Waals surface area (Å²) in [6, 6.07) is 2.21. The summed E-state index contributed by atoms with van der Waals surface area (Å²) in [5, 5.41) is 12.2. The number of aromatic nitrogens is 2. The smallest absolute Gasteiger partial charge is 0.122 e. The fourth-order valence-electron chi connectivity index (χ4n) is 2.03. The normalized spacial score (nSPS) is 17.8. The van der Waals surface area contributed by atoms with Gasteiger partial charge >= 0.3 is 0 Å². The number of likely N-dealkylation sites (N-methyl/N-ethyl adjacent to an activating group) is 1. The Labute approximate surface area is 95.7 Å². The molecule has 0 amide bonds. The largest absolute Gasteiger partial charge is 0.333 e. The summed E-state index contributed by atoms with van der Waals surface area (Å²) in [4.78, 5) is 6.58. The van der Waals surface area contributed by atoms with E-state index in [1.807, 2.05) is 19.3 Å². The van der Waals surface area contributed by atoms with Crippen molar-refractivity contribution in [2.45, 2.75) is 26.1 Å². The third-order valence-electron chi connectivity index (χ3n) is 2.87. The van der Waals surface area contributed by atoms with Crippen molar-refractivity contribution in [1.82, 2.24) is 19.8 Å². The molecule has 0 fully saturated rings. The summed E-state index contributed by atoms with van der Waals surface area (Å²) < 4.78 is 2.17. The molecule has 1 N–H and O–H groups in total. The van der Waals surface area contributed by atoms with E-state index < -0.39 is 0 Å². The Hall–Kier alpha value is -1.38. The highest BCUT2D eigenvalue weighted by Crippen LogP contribution is 2.10. The maximum Gasteiger partial charge on any atom is 0.122 e. The molecule has 0 aromatic carbocycles. The monoisotopic (exact) mass is 219 g/mol. The quantitative estimate of drug-likeness (QED) is 0.786. The number of hydrogen-bond acceptors (Lipinski definition) is 4. The number of hydrogen-bond donors (Lipinski definition) is 1. The van der Waals surface area contributed by atoms with Gasteiger partial charge in [0.1, 0.15) is 11.9 Å². The van der Waals surface area contributed by atoms with Crippen molar-refractivity contribution in [3.8, 4) is 6.07 Å². The molecule has 1 aromatic rings. The van der Waals surface area contributed by atoms with E-state index in [2.05, 4.69) is 25.8 Å². The summed E-state index contributed by atoms with van der Waals surface area (Å²) in [5.41, 5.74) is 0. The first-order valence-corrected chi connectivity index (χ1v) is 5.69. The molecule has 16 heavy (non-hydrogen) atoms. The van der Waals surface area contributed by atoms with E-state index in [1.54, 1.807) is 0 Å². The van der Waals surface area contributed by atoms with Gasteiger partial charge in [-0.15, -0.1) is 0 Å². The second-order valence-electron chi connectivity index (χ2n) is 4.01. The first-order chi connectivity index (χ1) is 7.83. The van der Waals surface area contributed by atoms with Crippen LogP contribution < -0.4 is 5.32 Å². The van der Waals surface area contributed by atoms with Gasteiger partial charge in [0.2, 0.25) is 0 Å². The Kier molecular flexibility index (Phi) is 3.54. The zero-order chi connectivity index (χ0) is 11.4. The highest BCUT2D eigenvalue weighted by Gasteiger charge is 2.19. The predicted octanol–water partition coefficient (Wildman–Crippen LogP) is 0.200. The van der Waals surface area contributed by atoms with E-state index in [-0.39, 0.29) is 6.04 Å². The third kappa shape index (κ3) is 2.40. The molecule has 2 heterocycles. The fraction of sp³-hybridized carbons (Fsp3) is 0.636. The molecule has 0 bridgehead atoms. The summed E-state index contributed by atoms with van der Waals surface area (Å²) in [6.45, 7) is 6.44. The lowest BCUT2D eigenvalue weighted by atomic mass is 10.2. The molecule has 0 radical (unpaired) electrons. The van der Waals surface area contributed by atoms with Crippen LogP contribution in [-0.2, 0) is 13.1 Å². The summed E-state index contributed by atoms with van der Waals surface area (Å²) in [5.74, 6) is 1.10. The number of rotatable bonds is 4. The van der Waals surface area contributed by atoms with Crippen LogP contribution in [0.15, 0.2) is 12.4 Å². The van der Waals surface area contributed by atoms with Gasteiger partial charge in [-0.2, -0.15) is 5.26 Å².